The van der Waals surface area contributed by atoms with Gasteiger partial charge in [0, 0.05) is 6.54 Å². The summed E-state index contributed by atoms with van der Waals surface area (Å²) < 4.78 is 16.0. The van der Waals surface area contributed by atoms with E-state index in [-0.39, 0.29) is 6.61 Å². The number of methoxy groups -OCH3 is 2. The maximum absolute atomic E-state index is 11.3. The lowest BCUT2D eigenvalue weighted by Gasteiger charge is -2.15. The number of hydrogen-bond acceptors (Lipinski definition) is 6. The third kappa shape index (κ3) is 6.16. The highest BCUT2D eigenvalue weighted by Gasteiger charge is 2.11. The minimum Gasteiger partial charge on any atom is -0.493 e. The molecule has 0 saturated carbocycles. The van der Waals surface area contributed by atoms with E-state index in [1.165, 1.54) is 0 Å². The Labute approximate surface area is 159 Å². The van der Waals surface area contributed by atoms with Gasteiger partial charge in [-0.15, -0.1) is 0 Å². The van der Waals surface area contributed by atoms with Crippen LogP contribution in [0.2, 0.25) is 0 Å². The van der Waals surface area contributed by atoms with Crippen molar-refractivity contribution in [2.24, 2.45) is 5.73 Å². The van der Waals surface area contributed by atoms with Crippen molar-refractivity contribution in [1.29, 1.82) is 0 Å². The highest BCUT2D eigenvalue weighted by atomic mass is 16.5. The van der Waals surface area contributed by atoms with Gasteiger partial charge in [-0.3, -0.25) is 4.79 Å². The van der Waals surface area contributed by atoms with Gasteiger partial charge in [-0.1, -0.05) is 18.2 Å². The average Bonchev–Trinajstić information content (AvgIpc) is 2.69. The summed E-state index contributed by atoms with van der Waals surface area (Å²) in [5.41, 5.74) is 6.70. The molecule has 0 unspecified atom stereocenters. The van der Waals surface area contributed by atoms with E-state index < -0.39 is 12.0 Å². The zero-order valence-electron chi connectivity index (χ0n) is 15.6. The van der Waals surface area contributed by atoms with Gasteiger partial charge in [0.1, 0.15) is 18.5 Å². The third-order valence-electron chi connectivity index (χ3n) is 4.00. The number of para-hydroxylation sites is 1. The summed E-state index contributed by atoms with van der Waals surface area (Å²) >= 11 is 0. The Morgan fingerprint density at radius 3 is 2.56 bits per heavy atom. The minimum atomic E-state index is -0.712. The van der Waals surface area contributed by atoms with Gasteiger partial charge in [0.05, 0.1) is 19.8 Å². The summed E-state index contributed by atoms with van der Waals surface area (Å²) in [6.45, 7) is 1.12. The molecule has 4 N–H and O–H groups in total. The molecule has 7 nitrogen and oxygen atoms in total. The number of aliphatic hydroxyl groups excluding tert-OH is 1. The Morgan fingerprint density at radius 2 is 1.85 bits per heavy atom. The van der Waals surface area contributed by atoms with Crippen LogP contribution in [0, 0.1) is 0 Å². The Balaban J connectivity index is 1.74. The van der Waals surface area contributed by atoms with Crippen LogP contribution in [0.1, 0.15) is 15.9 Å². The molecular formula is C20H26N2O5. The van der Waals surface area contributed by atoms with Crippen LogP contribution in [0.25, 0.3) is 0 Å². The number of carbonyl (C=O) groups excluding carboxylic acids is 1. The van der Waals surface area contributed by atoms with Crippen molar-refractivity contribution >= 4 is 5.91 Å². The number of carbonyl (C=O) groups is 1. The highest BCUT2D eigenvalue weighted by molar-refractivity contribution is 5.95. The fraction of sp³-hybridized carbons (Fsp3) is 0.350. The van der Waals surface area contributed by atoms with E-state index in [1.807, 2.05) is 18.2 Å². The van der Waals surface area contributed by atoms with Gasteiger partial charge in [0.15, 0.2) is 11.5 Å². The van der Waals surface area contributed by atoms with E-state index in [4.69, 9.17) is 19.9 Å². The predicted molar refractivity (Wildman–Crippen MR) is 103 cm³/mol. The van der Waals surface area contributed by atoms with Gasteiger partial charge >= 0.3 is 0 Å². The quantitative estimate of drug-likeness (QED) is 0.514. The van der Waals surface area contributed by atoms with E-state index in [1.54, 1.807) is 38.5 Å². The van der Waals surface area contributed by atoms with Crippen LogP contribution in [0.3, 0.4) is 0 Å². The zero-order valence-corrected chi connectivity index (χ0v) is 15.6. The molecule has 0 spiro atoms. The lowest BCUT2D eigenvalue weighted by molar-refractivity contribution is 0.0964. The van der Waals surface area contributed by atoms with Crippen molar-refractivity contribution in [3.63, 3.8) is 0 Å². The SMILES string of the molecule is COc1ccc(CCNC[C@H](O)COc2ccccc2C(N)=O)cc1OC. The van der Waals surface area contributed by atoms with Gasteiger partial charge < -0.3 is 30.4 Å². The molecule has 0 aliphatic rings. The second kappa shape index (κ2) is 10.4. The summed E-state index contributed by atoms with van der Waals surface area (Å²) in [6, 6.07) is 12.5. The number of hydrogen-bond donors (Lipinski definition) is 3. The molecule has 0 fully saturated rings. The fourth-order valence-electron chi connectivity index (χ4n) is 2.58. The summed E-state index contributed by atoms with van der Waals surface area (Å²) in [6.07, 6.45) is 0.0645. The van der Waals surface area contributed by atoms with E-state index in [2.05, 4.69) is 5.32 Å². The second-order valence-electron chi connectivity index (χ2n) is 5.97. The molecule has 0 aromatic heterocycles. The van der Waals surface area contributed by atoms with Gasteiger partial charge in [0.2, 0.25) is 0 Å². The standard InChI is InChI=1S/C20H26N2O5/c1-25-18-8-7-14(11-19(18)26-2)9-10-22-12-15(23)13-27-17-6-4-3-5-16(17)20(21)24/h3-8,11,15,22-23H,9-10,12-13H2,1-2H3,(H2,21,24)/t15-/m0/s1. The summed E-state index contributed by atoms with van der Waals surface area (Å²) in [4.78, 5) is 11.3. The molecule has 146 valence electrons. The summed E-state index contributed by atoms with van der Waals surface area (Å²) in [7, 11) is 3.21. The second-order valence-corrected chi connectivity index (χ2v) is 5.97. The van der Waals surface area contributed by atoms with Crippen molar-refractivity contribution < 1.29 is 24.1 Å². The average molecular weight is 374 g/mol. The Kier molecular flexibility index (Phi) is 7.91. The molecule has 2 aromatic rings. The smallest absolute Gasteiger partial charge is 0.252 e. The molecule has 0 heterocycles. The molecule has 0 bridgehead atoms. The third-order valence-corrected chi connectivity index (χ3v) is 4.00. The molecule has 0 radical (unpaired) electrons. The van der Waals surface area contributed by atoms with Crippen LogP contribution in [-0.4, -0.2) is 51.0 Å². The van der Waals surface area contributed by atoms with E-state index in [0.29, 0.717) is 35.9 Å². The van der Waals surface area contributed by atoms with E-state index in [9.17, 15) is 9.90 Å². The first kappa shape index (κ1) is 20.5. The van der Waals surface area contributed by atoms with E-state index >= 15 is 0 Å². The number of nitrogens with two attached hydrogens (primary N) is 1. The van der Waals surface area contributed by atoms with Crippen molar-refractivity contribution in [2.45, 2.75) is 12.5 Å². The van der Waals surface area contributed by atoms with Crippen LogP contribution in [0.5, 0.6) is 17.2 Å². The van der Waals surface area contributed by atoms with Crippen molar-refractivity contribution in [1.82, 2.24) is 5.32 Å². The van der Waals surface area contributed by atoms with Gasteiger partial charge in [-0.25, -0.2) is 0 Å². The van der Waals surface area contributed by atoms with Gasteiger partial charge in [-0.2, -0.15) is 0 Å². The van der Waals surface area contributed by atoms with Crippen molar-refractivity contribution in [3.8, 4) is 17.2 Å². The maximum atomic E-state index is 11.3. The molecular weight excluding hydrogens is 348 g/mol. The molecule has 2 aromatic carbocycles. The topological polar surface area (TPSA) is 103 Å². The molecule has 0 aliphatic carbocycles. The summed E-state index contributed by atoms with van der Waals surface area (Å²) in [5.74, 6) is 1.19. The lowest BCUT2D eigenvalue weighted by atomic mass is 10.1. The van der Waals surface area contributed by atoms with Crippen molar-refractivity contribution in [3.05, 3.63) is 53.6 Å². The number of rotatable bonds is 11. The minimum absolute atomic E-state index is 0.0631. The molecule has 0 saturated heterocycles. The fourth-order valence-corrected chi connectivity index (χ4v) is 2.58. The van der Waals surface area contributed by atoms with Crippen LogP contribution in [0.15, 0.2) is 42.5 Å². The molecule has 1 amide bonds. The van der Waals surface area contributed by atoms with Gasteiger partial charge in [0.25, 0.3) is 5.91 Å². The monoisotopic (exact) mass is 374 g/mol. The largest absolute Gasteiger partial charge is 0.493 e. The first-order valence-corrected chi connectivity index (χ1v) is 8.66. The normalized spacial score (nSPS) is 11.7. The van der Waals surface area contributed by atoms with Crippen molar-refractivity contribution in [2.75, 3.05) is 33.9 Å². The number of ether oxygens (including phenoxy) is 3. The predicted octanol–water partition coefficient (Wildman–Crippen LogP) is 1.37. The Bertz CT molecular complexity index is 751. The highest BCUT2D eigenvalue weighted by Crippen LogP contribution is 2.27. The number of benzene rings is 2. The van der Waals surface area contributed by atoms with E-state index in [0.717, 1.165) is 12.0 Å². The molecule has 1 atom stereocenters. The maximum Gasteiger partial charge on any atom is 0.252 e. The van der Waals surface area contributed by atoms with Crippen LogP contribution in [0.4, 0.5) is 0 Å². The number of primary amides is 1. The first-order chi connectivity index (χ1) is 13.0. The van der Waals surface area contributed by atoms with Crippen LogP contribution >= 0.6 is 0 Å². The molecule has 0 aliphatic heterocycles. The number of aliphatic hydroxyl groups is 1. The first-order valence-electron chi connectivity index (χ1n) is 8.66. The summed E-state index contributed by atoms with van der Waals surface area (Å²) in [5, 5.41) is 13.2. The van der Waals surface area contributed by atoms with Crippen LogP contribution < -0.4 is 25.3 Å². The Morgan fingerprint density at radius 1 is 1.11 bits per heavy atom. The van der Waals surface area contributed by atoms with Crippen LogP contribution in [-0.2, 0) is 6.42 Å². The Hall–Kier alpha value is -2.77. The lowest BCUT2D eigenvalue weighted by Crippen LogP contribution is -2.32. The molecule has 27 heavy (non-hydrogen) atoms. The number of amides is 1. The molecule has 2 rings (SSSR count). The van der Waals surface area contributed by atoms with Gasteiger partial charge in [-0.05, 0) is 42.8 Å². The molecule has 7 heteroatoms. The zero-order chi connectivity index (χ0) is 19.6. The number of nitrogens with one attached hydrogen (secondary N) is 1.